The minimum Gasteiger partial charge on any atom is -0.481 e. The van der Waals surface area contributed by atoms with Gasteiger partial charge in [-0.15, -0.1) is 0 Å². The summed E-state index contributed by atoms with van der Waals surface area (Å²) < 4.78 is 16.5. The van der Waals surface area contributed by atoms with E-state index in [1.165, 1.54) is 0 Å². The molecule has 2 fully saturated rings. The summed E-state index contributed by atoms with van der Waals surface area (Å²) in [5.74, 6) is 0.238. The summed E-state index contributed by atoms with van der Waals surface area (Å²) in [6, 6.07) is 15.1. The number of aromatic nitrogens is 3. The maximum Gasteiger partial charge on any atom is 0.274 e. The minimum atomic E-state index is -0.295. The summed E-state index contributed by atoms with van der Waals surface area (Å²) in [6.45, 7) is 6.50. The van der Waals surface area contributed by atoms with E-state index in [0.29, 0.717) is 52.9 Å². The SMILES string of the molecule is COc1nc(-c2ccnc(-c3cccc(NC(=O)c4ccc(CNC[C@H]5CCO5)cn4)c3C)c2Cl)ccc1CNC[C@@H]1CCO1. The molecule has 2 aliphatic rings. The Balaban J connectivity index is 1.15. The van der Waals surface area contributed by atoms with Crippen LogP contribution >= 0.6 is 11.6 Å². The molecular weight excluding hydrogens is 592 g/mol. The van der Waals surface area contributed by atoms with E-state index >= 15 is 0 Å². The van der Waals surface area contributed by atoms with Crippen LogP contribution in [0, 0.1) is 6.92 Å². The molecule has 6 rings (SSSR count). The Morgan fingerprint density at radius 2 is 1.71 bits per heavy atom. The number of ether oxygens (including phenoxy) is 3. The fourth-order valence-electron chi connectivity index (χ4n) is 5.27. The number of carbonyl (C=O) groups excluding carboxylic acids is 1. The molecule has 1 amide bonds. The van der Waals surface area contributed by atoms with Crippen molar-refractivity contribution in [3.05, 3.63) is 88.3 Å². The van der Waals surface area contributed by atoms with Crippen LogP contribution in [0.2, 0.25) is 5.02 Å². The van der Waals surface area contributed by atoms with Gasteiger partial charge in [0.25, 0.3) is 5.91 Å². The number of amides is 1. The van der Waals surface area contributed by atoms with Gasteiger partial charge in [-0.25, -0.2) is 4.98 Å². The van der Waals surface area contributed by atoms with Crippen molar-refractivity contribution < 1.29 is 19.0 Å². The lowest BCUT2D eigenvalue weighted by Crippen LogP contribution is -2.36. The Morgan fingerprint density at radius 3 is 2.38 bits per heavy atom. The molecule has 2 saturated heterocycles. The van der Waals surface area contributed by atoms with Gasteiger partial charge < -0.3 is 30.2 Å². The molecule has 2 atom stereocenters. The van der Waals surface area contributed by atoms with Gasteiger partial charge in [0.15, 0.2) is 0 Å². The maximum absolute atomic E-state index is 13.1. The molecule has 3 N–H and O–H groups in total. The van der Waals surface area contributed by atoms with Gasteiger partial charge in [-0.2, -0.15) is 0 Å². The molecule has 2 aliphatic heterocycles. The number of carbonyl (C=O) groups is 1. The first kappa shape index (κ1) is 31.1. The first-order chi connectivity index (χ1) is 22.0. The number of pyridine rings is 3. The first-order valence-corrected chi connectivity index (χ1v) is 15.6. The zero-order valence-electron chi connectivity index (χ0n) is 25.4. The van der Waals surface area contributed by atoms with Crippen LogP contribution in [0.5, 0.6) is 5.88 Å². The topological polar surface area (TPSA) is 120 Å². The Hall–Kier alpha value is -3.93. The van der Waals surface area contributed by atoms with Crippen LogP contribution in [0.4, 0.5) is 5.69 Å². The molecule has 0 radical (unpaired) electrons. The van der Waals surface area contributed by atoms with Gasteiger partial charge in [0.2, 0.25) is 5.88 Å². The summed E-state index contributed by atoms with van der Waals surface area (Å²) >= 11 is 6.98. The molecule has 0 bridgehead atoms. The zero-order chi connectivity index (χ0) is 31.2. The molecule has 1 aromatic carbocycles. The molecule has 11 heteroatoms. The lowest BCUT2D eigenvalue weighted by atomic mass is 10.0. The summed E-state index contributed by atoms with van der Waals surface area (Å²) in [6.07, 6.45) is 6.18. The number of hydrogen-bond donors (Lipinski definition) is 3. The number of halogens is 1. The predicted octanol–water partition coefficient (Wildman–Crippen LogP) is 5.19. The van der Waals surface area contributed by atoms with E-state index in [1.807, 2.05) is 49.4 Å². The third kappa shape index (κ3) is 7.32. The highest BCUT2D eigenvalue weighted by molar-refractivity contribution is 6.35. The summed E-state index contributed by atoms with van der Waals surface area (Å²) in [7, 11) is 1.61. The smallest absolute Gasteiger partial charge is 0.274 e. The standard InChI is InChI=1S/C34H37ClN6O4/c1-21-26(4-3-5-28(21)40-33(42)30-8-6-22(17-39-30)16-36-19-24-11-14-44-24)32-31(35)27(10-13-38-32)29-9-7-23(34(41-29)43-2)18-37-20-25-12-15-45-25/h3-10,13,17,24-25,36-37H,11-12,14-16,18-20H2,1-2H3,(H,40,42)/t24-,25+/m1/s1. The van der Waals surface area contributed by atoms with E-state index in [-0.39, 0.29) is 12.0 Å². The van der Waals surface area contributed by atoms with Gasteiger partial charge in [-0.1, -0.05) is 35.9 Å². The minimum absolute atomic E-state index is 0.279. The molecule has 0 saturated carbocycles. The van der Waals surface area contributed by atoms with Crippen LogP contribution in [0.25, 0.3) is 22.5 Å². The summed E-state index contributed by atoms with van der Waals surface area (Å²) in [4.78, 5) is 26.9. The lowest BCUT2D eigenvalue weighted by Gasteiger charge is -2.26. The number of nitrogens with zero attached hydrogens (tertiary/aromatic N) is 3. The number of anilines is 1. The number of methoxy groups -OCH3 is 1. The van der Waals surface area contributed by atoms with Crippen molar-refractivity contribution in [1.82, 2.24) is 25.6 Å². The van der Waals surface area contributed by atoms with Crippen molar-refractivity contribution in [3.63, 3.8) is 0 Å². The quantitative estimate of drug-likeness (QED) is 0.184. The molecule has 5 heterocycles. The molecule has 4 aromatic rings. The normalized spacial score (nSPS) is 17.3. The Kier molecular flexibility index (Phi) is 9.97. The first-order valence-electron chi connectivity index (χ1n) is 15.2. The van der Waals surface area contributed by atoms with Crippen molar-refractivity contribution in [2.45, 2.75) is 45.1 Å². The Morgan fingerprint density at radius 1 is 0.956 bits per heavy atom. The molecule has 234 valence electrons. The van der Waals surface area contributed by atoms with E-state index in [2.05, 4.69) is 25.9 Å². The molecule has 0 aliphatic carbocycles. The number of benzene rings is 1. The monoisotopic (exact) mass is 628 g/mol. The average molecular weight is 629 g/mol. The zero-order valence-corrected chi connectivity index (χ0v) is 26.2. The van der Waals surface area contributed by atoms with Crippen LogP contribution in [0.15, 0.2) is 60.9 Å². The van der Waals surface area contributed by atoms with Crippen LogP contribution in [0.3, 0.4) is 0 Å². The highest BCUT2D eigenvalue weighted by Gasteiger charge is 2.20. The van der Waals surface area contributed by atoms with Crippen molar-refractivity contribution in [2.75, 3.05) is 38.7 Å². The third-order valence-corrected chi connectivity index (χ3v) is 8.55. The third-order valence-electron chi connectivity index (χ3n) is 8.17. The number of hydrogen-bond acceptors (Lipinski definition) is 9. The van der Waals surface area contributed by atoms with E-state index in [0.717, 1.165) is 67.0 Å². The molecule has 3 aromatic heterocycles. The van der Waals surface area contributed by atoms with Crippen molar-refractivity contribution in [2.24, 2.45) is 0 Å². The van der Waals surface area contributed by atoms with Gasteiger partial charge in [0.1, 0.15) is 5.69 Å². The largest absolute Gasteiger partial charge is 0.481 e. The lowest BCUT2D eigenvalue weighted by molar-refractivity contribution is -0.0485. The van der Waals surface area contributed by atoms with Crippen LogP contribution in [0.1, 0.15) is 40.0 Å². The second-order valence-electron chi connectivity index (χ2n) is 11.2. The fraction of sp³-hybridized carbons (Fsp3) is 0.353. The predicted molar refractivity (Wildman–Crippen MR) is 174 cm³/mol. The van der Waals surface area contributed by atoms with E-state index in [9.17, 15) is 4.79 Å². The molecule has 45 heavy (non-hydrogen) atoms. The highest BCUT2D eigenvalue weighted by atomic mass is 35.5. The molecule has 0 spiro atoms. The second kappa shape index (κ2) is 14.4. The second-order valence-corrected chi connectivity index (χ2v) is 11.6. The van der Waals surface area contributed by atoms with E-state index < -0.39 is 0 Å². The van der Waals surface area contributed by atoms with Gasteiger partial charge in [-0.05, 0) is 55.2 Å². The summed E-state index contributed by atoms with van der Waals surface area (Å²) in [5.41, 5.74) is 6.57. The van der Waals surface area contributed by atoms with E-state index in [1.54, 1.807) is 25.6 Å². The average Bonchev–Trinajstić information content (AvgIpc) is 3.01. The van der Waals surface area contributed by atoms with Gasteiger partial charge in [0.05, 0.1) is 35.7 Å². The van der Waals surface area contributed by atoms with Gasteiger partial charge >= 0.3 is 0 Å². The maximum atomic E-state index is 13.1. The van der Waals surface area contributed by atoms with Crippen LogP contribution in [-0.4, -0.2) is 66.5 Å². The van der Waals surface area contributed by atoms with Crippen LogP contribution < -0.4 is 20.7 Å². The Labute approximate surface area is 267 Å². The van der Waals surface area contributed by atoms with Crippen molar-refractivity contribution in [1.29, 1.82) is 0 Å². The van der Waals surface area contributed by atoms with Gasteiger partial charge in [-0.3, -0.25) is 14.8 Å². The highest BCUT2D eigenvalue weighted by Crippen LogP contribution is 2.38. The summed E-state index contributed by atoms with van der Waals surface area (Å²) in [5, 5.41) is 10.2. The van der Waals surface area contributed by atoms with Crippen LogP contribution in [-0.2, 0) is 22.6 Å². The number of rotatable bonds is 13. The Bertz CT molecular complexity index is 1640. The number of nitrogens with one attached hydrogen (secondary N) is 3. The molecule has 10 nitrogen and oxygen atoms in total. The van der Waals surface area contributed by atoms with Gasteiger partial charge in [0, 0.05) is 74.2 Å². The fourth-order valence-corrected chi connectivity index (χ4v) is 5.58. The molecule has 0 unspecified atom stereocenters. The van der Waals surface area contributed by atoms with Crippen molar-refractivity contribution >= 4 is 23.2 Å². The van der Waals surface area contributed by atoms with Crippen molar-refractivity contribution in [3.8, 4) is 28.4 Å². The van der Waals surface area contributed by atoms with E-state index in [4.69, 9.17) is 30.8 Å². The molecular formula is C34H37ClN6O4.